The quantitative estimate of drug-likeness (QED) is 0.637. The molecule has 0 amide bonds. The minimum atomic E-state index is -0.138. The Labute approximate surface area is 101 Å². The third-order valence-corrected chi connectivity index (χ3v) is 3.09. The van der Waals surface area contributed by atoms with Gasteiger partial charge in [-0.3, -0.25) is 4.79 Å². The van der Waals surface area contributed by atoms with Crippen LogP contribution < -0.4 is 4.90 Å². The molecule has 1 heterocycles. The normalized spacial score (nSPS) is 17.6. The fraction of sp³-hybridized carbons (Fsp3) is 0.357. The zero-order chi connectivity index (χ0) is 12.1. The Balaban J connectivity index is 2.02. The van der Waals surface area contributed by atoms with Gasteiger partial charge in [-0.25, -0.2) is 0 Å². The van der Waals surface area contributed by atoms with E-state index in [1.807, 2.05) is 12.1 Å². The second-order valence-electron chi connectivity index (χ2n) is 4.30. The molecule has 1 N–H and O–H groups in total. The summed E-state index contributed by atoms with van der Waals surface area (Å²) >= 11 is 0. The fourth-order valence-electron chi connectivity index (χ4n) is 2.07. The van der Waals surface area contributed by atoms with Gasteiger partial charge in [-0.1, -0.05) is 18.2 Å². The standard InChI is InChI=1S/C14H17NO2/c16-11-1-2-12-3-5-13(6-4-12)15-9-7-14(17)8-10-15/h1-6,11,14,17H,7-10H2. The van der Waals surface area contributed by atoms with Gasteiger partial charge in [0, 0.05) is 18.8 Å². The summed E-state index contributed by atoms with van der Waals surface area (Å²) in [6, 6.07) is 8.12. The maximum atomic E-state index is 10.2. The maximum absolute atomic E-state index is 10.2. The molecule has 0 radical (unpaired) electrons. The molecule has 0 spiro atoms. The lowest BCUT2D eigenvalue weighted by atomic mass is 10.1. The van der Waals surface area contributed by atoms with Gasteiger partial charge in [-0.15, -0.1) is 0 Å². The first-order chi connectivity index (χ1) is 8.29. The van der Waals surface area contributed by atoms with E-state index < -0.39 is 0 Å². The highest BCUT2D eigenvalue weighted by atomic mass is 16.3. The molecular weight excluding hydrogens is 214 g/mol. The highest BCUT2D eigenvalue weighted by Crippen LogP contribution is 2.20. The van der Waals surface area contributed by atoms with Crippen molar-refractivity contribution in [2.24, 2.45) is 0 Å². The number of aliphatic hydroxyl groups is 1. The molecule has 0 aliphatic carbocycles. The molecule has 0 saturated carbocycles. The SMILES string of the molecule is O=CC=Cc1ccc(N2CCC(O)CC2)cc1. The Morgan fingerprint density at radius 1 is 1.18 bits per heavy atom. The summed E-state index contributed by atoms with van der Waals surface area (Å²) in [4.78, 5) is 12.5. The van der Waals surface area contributed by atoms with E-state index in [0.717, 1.165) is 37.8 Å². The molecule has 1 aliphatic heterocycles. The van der Waals surface area contributed by atoms with Crippen LogP contribution >= 0.6 is 0 Å². The highest BCUT2D eigenvalue weighted by Gasteiger charge is 2.16. The Morgan fingerprint density at radius 3 is 2.41 bits per heavy atom. The Bertz CT molecular complexity index is 389. The van der Waals surface area contributed by atoms with E-state index in [9.17, 15) is 9.90 Å². The van der Waals surface area contributed by atoms with E-state index in [-0.39, 0.29) is 6.10 Å². The molecule has 0 unspecified atom stereocenters. The molecule has 1 aliphatic rings. The van der Waals surface area contributed by atoms with Crippen molar-refractivity contribution < 1.29 is 9.90 Å². The number of hydrogen-bond donors (Lipinski definition) is 1. The van der Waals surface area contributed by atoms with Crippen LogP contribution in [0.15, 0.2) is 30.3 Å². The first-order valence-electron chi connectivity index (χ1n) is 5.94. The van der Waals surface area contributed by atoms with Crippen LogP contribution in [0.2, 0.25) is 0 Å². The minimum Gasteiger partial charge on any atom is -0.393 e. The molecule has 3 nitrogen and oxygen atoms in total. The van der Waals surface area contributed by atoms with Gasteiger partial charge in [0.25, 0.3) is 0 Å². The Hall–Kier alpha value is -1.61. The Kier molecular flexibility index (Phi) is 3.94. The van der Waals surface area contributed by atoms with Crippen LogP contribution in [-0.2, 0) is 4.79 Å². The van der Waals surface area contributed by atoms with Gasteiger partial charge in [-0.05, 0) is 36.6 Å². The van der Waals surface area contributed by atoms with E-state index in [4.69, 9.17) is 0 Å². The smallest absolute Gasteiger partial charge is 0.142 e. The van der Waals surface area contributed by atoms with Gasteiger partial charge in [0.1, 0.15) is 6.29 Å². The van der Waals surface area contributed by atoms with Gasteiger partial charge in [0.05, 0.1) is 6.10 Å². The maximum Gasteiger partial charge on any atom is 0.142 e. The summed E-state index contributed by atoms with van der Waals surface area (Å²) in [6.45, 7) is 1.81. The summed E-state index contributed by atoms with van der Waals surface area (Å²) in [5.74, 6) is 0. The summed E-state index contributed by atoms with van der Waals surface area (Å²) in [7, 11) is 0. The van der Waals surface area contributed by atoms with Gasteiger partial charge in [-0.2, -0.15) is 0 Å². The molecule has 1 aromatic carbocycles. The van der Waals surface area contributed by atoms with Gasteiger partial charge in [0.2, 0.25) is 0 Å². The van der Waals surface area contributed by atoms with Gasteiger partial charge in [0.15, 0.2) is 0 Å². The van der Waals surface area contributed by atoms with E-state index in [0.29, 0.717) is 0 Å². The number of nitrogens with zero attached hydrogens (tertiary/aromatic N) is 1. The fourth-order valence-corrected chi connectivity index (χ4v) is 2.07. The topological polar surface area (TPSA) is 40.5 Å². The molecule has 1 saturated heterocycles. The molecular formula is C14H17NO2. The monoisotopic (exact) mass is 231 g/mol. The van der Waals surface area contributed by atoms with Crippen molar-refractivity contribution in [3.8, 4) is 0 Å². The molecule has 1 fully saturated rings. The minimum absolute atomic E-state index is 0.138. The molecule has 17 heavy (non-hydrogen) atoms. The molecule has 3 heteroatoms. The third kappa shape index (κ3) is 3.17. The molecule has 2 rings (SSSR count). The average molecular weight is 231 g/mol. The number of hydrogen-bond acceptors (Lipinski definition) is 3. The van der Waals surface area contributed by atoms with Crippen LogP contribution in [0.3, 0.4) is 0 Å². The summed E-state index contributed by atoms with van der Waals surface area (Å²) < 4.78 is 0. The van der Waals surface area contributed by atoms with Crippen molar-refractivity contribution >= 4 is 18.0 Å². The number of anilines is 1. The van der Waals surface area contributed by atoms with Crippen molar-refractivity contribution in [1.29, 1.82) is 0 Å². The molecule has 90 valence electrons. The van der Waals surface area contributed by atoms with E-state index >= 15 is 0 Å². The number of piperidine rings is 1. The van der Waals surface area contributed by atoms with E-state index in [2.05, 4.69) is 17.0 Å². The lowest BCUT2D eigenvalue weighted by Crippen LogP contribution is -2.35. The number of allylic oxidation sites excluding steroid dienone is 1. The predicted molar refractivity (Wildman–Crippen MR) is 69.0 cm³/mol. The zero-order valence-electron chi connectivity index (χ0n) is 9.75. The van der Waals surface area contributed by atoms with E-state index in [1.165, 1.54) is 11.8 Å². The lowest BCUT2D eigenvalue weighted by Gasteiger charge is -2.31. The molecule has 0 bridgehead atoms. The van der Waals surface area contributed by atoms with Crippen molar-refractivity contribution in [2.75, 3.05) is 18.0 Å². The summed E-state index contributed by atoms with van der Waals surface area (Å²) in [6.07, 6.45) is 5.60. The average Bonchev–Trinajstić information content (AvgIpc) is 2.38. The van der Waals surface area contributed by atoms with Crippen molar-refractivity contribution in [3.05, 3.63) is 35.9 Å². The van der Waals surface area contributed by atoms with Crippen LogP contribution in [0.5, 0.6) is 0 Å². The first-order valence-corrected chi connectivity index (χ1v) is 5.94. The first kappa shape index (κ1) is 11.9. The van der Waals surface area contributed by atoms with Crippen molar-refractivity contribution in [2.45, 2.75) is 18.9 Å². The van der Waals surface area contributed by atoms with Crippen molar-refractivity contribution in [3.63, 3.8) is 0 Å². The van der Waals surface area contributed by atoms with Crippen LogP contribution in [0.4, 0.5) is 5.69 Å². The Morgan fingerprint density at radius 2 is 1.82 bits per heavy atom. The summed E-state index contributed by atoms with van der Waals surface area (Å²) in [5.41, 5.74) is 2.21. The third-order valence-electron chi connectivity index (χ3n) is 3.09. The lowest BCUT2D eigenvalue weighted by molar-refractivity contribution is -0.104. The predicted octanol–water partition coefficient (Wildman–Crippen LogP) is 1.86. The van der Waals surface area contributed by atoms with Crippen LogP contribution in [0.1, 0.15) is 18.4 Å². The van der Waals surface area contributed by atoms with E-state index in [1.54, 1.807) is 6.08 Å². The second-order valence-corrected chi connectivity index (χ2v) is 4.30. The number of carbonyl (C=O) groups excluding carboxylic acids is 1. The van der Waals surface area contributed by atoms with Crippen LogP contribution in [0, 0.1) is 0 Å². The molecule has 0 aromatic heterocycles. The number of benzene rings is 1. The number of aldehydes is 1. The number of rotatable bonds is 3. The summed E-state index contributed by atoms with van der Waals surface area (Å²) in [5, 5.41) is 9.45. The van der Waals surface area contributed by atoms with Crippen LogP contribution in [0.25, 0.3) is 6.08 Å². The number of carbonyl (C=O) groups is 1. The molecule has 0 atom stereocenters. The molecule has 1 aromatic rings. The highest BCUT2D eigenvalue weighted by molar-refractivity contribution is 5.74. The van der Waals surface area contributed by atoms with Gasteiger partial charge < -0.3 is 10.0 Å². The van der Waals surface area contributed by atoms with Gasteiger partial charge >= 0.3 is 0 Å². The number of aliphatic hydroxyl groups excluding tert-OH is 1. The zero-order valence-corrected chi connectivity index (χ0v) is 9.75. The second kappa shape index (κ2) is 5.64. The van der Waals surface area contributed by atoms with Crippen molar-refractivity contribution in [1.82, 2.24) is 0 Å². The largest absolute Gasteiger partial charge is 0.393 e. The van der Waals surface area contributed by atoms with Crippen LogP contribution in [-0.4, -0.2) is 30.6 Å².